The molecule has 78 valence electrons. The van der Waals surface area contributed by atoms with E-state index in [1.54, 1.807) is 0 Å². The van der Waals surface area contributed by atoms with Crippen molar-refractivity contribution in [3.05, 3.63) is 29.8 Å². The van der Waals surface area contributed by atoms with Gasteiger partial charge in [-0.1, -0.05) is 57.5 Å². The van der Waals surface area contributed by atoms with Gasteiger partial charge in [0.05, 0.1) is 0 Å². The molecule has 0 saturated carbocycles. The molecule has 0 aliphatic carbocycles. The normalized spacial score (nSPS) is 12.6. The molecule has 0 heterocycles. The first-order chi connectivity index (χ1) is 6.51. The van der Waals surface area contributed by atoms with Crippen LogP contribution in [0.5, 0.6) is 0 Å². The van der Waals surface area contributed by atoms with Crippen LogP contribution in [0.1, 0.15) is 5.56 Å². The molecule has 1 aromatic carbocycles. The topological polar surface area (TPSA) is 9.23 Å². The number of alkyl halides is 1. The highest BCUT2D eigenvalue weighted by Crippen LogP contribution is 2.19. The minimum absolute atomic E-state index is 0.516. The van der Waals surface area contributed by atoms with Gasteiger partial charge < -0.3 is 4.12 Å². The Balaban J connectivity index is 2.52. The fraction of sp³-hybridized carbons (Fsp3) is 0.143. The van der Waals surface area contributed by atoms with Crippen LogP contribution in [-0.2, 0) is 10.00 Å². The average molecular weight is 306 g/mol. The number of hydrogen-bond acceptors (Lipinski definition) is 1. The van der Waals surface area contributed by atoms with Crippen LogP contribution in [0, 0.1) is 0 Å². The van der Waals surface area contributed by atoms with Crippen molar-refractivity contribution in [3.8, 4) is 0 Å². The maximum Gasteiger partial charge on any atom is 0.483 e. The molecule has 0 amide bonds. The van der Waals surface area contributed by atoms with Gasteiger partial charge >= 0.3 is 6.25 Å². The second kappa shape index (κ2) is 5.75. The molecule has 0 unspecified atom stereocenters. The van der Waals surface area contributed by atoms with Gasteiger partial charge in [0.2, 0.25) is 0 Å². The van der Waals surface area contributed by atoms with Crippen LogP contribution in [0.2, 0.25) is 0 Å². The molecule has 0 aromatic heterocycles. The van der Waals surface area contributed by atoms with Gasteiger partial charge in [0.15, 0.2) is 9.76 Å². The van der Waals surface area contributed by atoms with E-state index >= 15 is 0 Å². The smallest absolute Gasteiger partial charge is 0.424 e. The van der Waals surface area contributed by atoms with E-state index in [0.29, 0.717) is 5.88 Å². The Morgan fingerprint density at radius 2 is 1.71 bits per heavy atom. The lowest BCUT2D eigenvalue weighted by Gasteiger charge is -2.09. The lowest BCUT2D eigenvalue weighted by molar-refractivity contribution is 0.654. The molecule has 1 nitrogen and oxygen atoms in total. The van der Waals surface area contributed by atoms with E-state index in [2.05, 4.69) is 0 Å². The Hall–Kier alpha value is 0.774. The van der Waals surface area contributed by atoms with Crippen molar-refractivity contribution in [2.45, 2.75) is 5.88 Å². The van der Waals surface area contributed by atoms with E-state index in [0.717, 1.165) is 10.8 Å². The molecule has 0 atom stereocenters. The average Bonchev–Trinajstić information content (AvgIpc) is 2.14. The lowest BCUT2D eigenvalue weighted by Crippen LogP contribution is -2.27. The second-order valence-corrected chi connectivity index (χ2v) is 12.6. The molecule has 1 aromatic rings. The summed E-state index contributed by atoms with van der Waals surface area (Å²) in [5, 5.41) is 1.11. The highest BCUT2D eigenvalue weighted by atomic mass is 35.8. The predicted molar refractivity (Wildman–Crippen MR) is 68.6 cm³/mol. The Bertz CT molecular complexity index is 285. The van der Waals surface area contributed by atoms with E-state index in [1.807, 2.05) is 24.3 Å². The van der Waals surface area contributed by atoms with E-state index < -0.39 is 16.0 Å². The first kappa shape index (κ1) is 12.8. The van der Waals surface area contributed by atoms with E-state index in [1.165, 1.54) is 0 Å². The highest BCUT2D eigenvalue weighted by Gasteiger charge is 2.26. The van der Waals surface area contributed by atoms with Gasteiger partial charge in [0.1, 0.15) is 0 Å². The molecule has 0 radical (unpaired) electrons. The Morgan fingerprint density at radius 3 is 2.14 bits per heavy atom. The highest BCUT2D eigenvalue weighted by molar-refractivity contribution is 7.62. The maximum atomic E-state index is 5.65. The predicted octanol–water partition coefficient (Wildman–Crippen LogP) is 2.30. The molecule has 0 spiro atoms. The minimum Gasteiger partial charge on any atom is -0.424 e. The third kappa shape index (κ3) is 5.02. The van der Waals surface area contributed by atoms with Gasteiger partial charge in [-0.2, -0.15) is 0 Å². The van der Waals surface area contributed by atoms with Gasteiger partial charge in [0, 0.05) is 5.88 Å². The van der Waals surface area contributed by atoms with Gasteiger partial charge in [-0.25, -0.2) is 0 Å². The van der Waals surface area contributed by atoms with Gasteiger partial charge in [-0.05, 0) is 10.8 Å². The first-order valence-corrected chi connectivity index (χ1v) is 10.6. The molecule has 0 bridgehead atoms. The summed E-state index contributed by atoms with van der Waals surface area (Å²) < 4.78 is 5.23. The van der Waals surface area contributed by atoms with Crippen molar-refractivity contribution >= 4 is 66.0 Å². The molecule has 1 rings (SSSR count). The van der Waals surface area contributed by atoms with Crippen molar-refractivity contribution in [2.75, 3.05) is 0 Å². The number of rotatable bonds is 4. The van der Waals surface area contributed by atoms with Gasteiger partial charge in [-0.3, -0.25) is 0 Å². The summed E-state index contributed by atoms with van der Waals surface area (Å²) in [5.74, 6) is 0.516. The molecule has 0 fully saturated rings. The van der Waals surface area contributed by atoms with Crippen molar-refractivity contribution < 1.29 is 4.12 Å². The molecular formula is C7H8Cl4OSi2. The van der Waals surface area contributed by atoms with Crippen molar-refractivity contribution in [3.63, 3.8) is 0 Å². The molecule has 0 aliphatic heterocycles. The summed E-state index contributed by atoms with van der Waals surface area (Å²) in [6.45, 7) is 0. The third-order valence-corrected chi connectivity index (χ3v) is 7.53. The summed E-state index contributed by atoms with van der Waals surface area (Å²) in [7, 11) is -0.916. The van der Waals surface area contributed by atoms with E-state index in [4.69, 9.17) is 49.0 Å². The maximum absolute atomic E-state index is 5.65. The standard InChI is InChI=1S/C7H8Cl4OSi2/c8-5-6-1-3-7(4-2-6)13-12-14(9,10)11/h1-4H,5,13H2. The van der Waals surface area contributed by atoms with Crippen LogP contribution >= 0.6 is 44.8 Å². The molecular weight excluding hydrogens is 298 g/mol. The minimum atomic E-state index is -2.91. The Kier molecular flexibility index (Phi) is 5.27. The summed E-state index contributed by atoms with van der Waals surface area (Å²) in [6, 6.07) is 7.85. The summed E-state index contributed by atoms with van der Waals surface area (Å²) >= 11 is 22.5. The number of benzene rings is 1. The summed E-state index contributed by atoms with van der Waals surface area (Å²) in [5.41, 5.74) is 1.08. The van der Waals surface area contributed by atoms with Crippen LogP contribution in [-0.4, -0.2) is 16.0 Å². The molecule has 0 N–H and O–H groups in total. The van der Waals surface area contributed by atoms with Crippen LogP contribution in [0.4, 0.5) is 0 Å². The summed E-state index contributed by atoms with van der Waals surface area (Å²) in [4.78, 5) is 0. The van der Waals surface area contributed by atoms with Crippen molar-refractivity contribution in [1.82, 2.24) is 0 Å². The fourth-order valence-corrected chi connectivity index (χ4v) is 4.29. The zero-order valence-corrected chi connectivity index (χ0v) is 12.6. The third-order valence-electron chi connectivity index (χ3n) is 1.58. The number of hydrogen-bond donors (Lipinski definition) is 0. The largest absolute Gasteiger partial charge is 0.483 e. The SMILES string of the molecule is ClCc1ccc([SiH2]O[Si](Cl)(Cl)Cl)cc1. The molecule has 0 aliphatic rings. The molecule has 14 heavy (non-hydrogen) atoms. The Labute approximate surface area is 105 Å². The summed E-state index contributed by atoms with van der Waals surface area (Å²) in [6.07, 6.45) is -2.91. The number of halogens is 4. The van der Waals surface area contributed by atoms with Crippen molar-refractivity contribution in [1.29, 1.82) is 0 Å². The zero-order valence-electron chi connectivity index (χ0n) is 7.14. The first-order valence-electron chi connectivity index (χ1n) is 3.86. The van der Waals surface area contributed by atoms with Gasteiger partial charge in [-0.15, -0.1) is 11.6 Å². The molecule has 0 saturated heterocycles. The van der Waals surface area contributed by atoms with Crippen LogP contribution in [0.25, 0.3) is 0 Å². The van der Waals surface area contributed by atoms with Gasteiger partial charge in [0.25, 0.3) is 0 Å². The fourth-order valence-electron chi connectivity index (χ4n) is 0.890. The zero-order chi connectivity index (χ0) is 10.6. The second-order valence-electron chi connectivity index (χ2n) is 2.68. The van der Waals surface area contributed by atoms with Crippen LogP contribution in [0.15, 0.2) is 24.3 Å². The van der Waals surface area contributed by atoms with E-state index in [9.17, 15) is 0 Å². The van der Waals surface area contributed by atoms with Crippen molar-refractivity contribution in [2.24, 2.45) is 0 Å². The quantitative estimate of drug-likeness (QED) is 0.471. The van der Waals surface area contributed by atoms with Crippen LogP contribution in [0.3, 0.4) is 0 Å². The van der Waals surface area contributed by atoms with E-state index in [-0.39, 0.29) is 0 Å². The molecule has 7 heteroatoms. The monoisotopic (exact) mass is 304 g/mol. The Morgan fingerprint density at radius 1 is 1.14 bits per heavy atom. The lowest BCUT2D eigenvalue weighted by atomic mass is 10.2. The van der Waals surface area contributed by atoms with Crippen LogP contribution < -0.4 is 5.19 Å².